The lowest BCUT2D eigenvalue weighted by molar-refractivity contribution is -0.274. The minimum Gasteiger partial charge on any atom is -0.412 e. The van der Waals surface area contributed by atoms with Gasteiger partial charge in [0.15, 0.2) is 6.19 Å². The number of hydrogen-bond donors (Lipinski definition) is 1. The summed E-state index contributed by atoms with van der Waals surface area (Å²) in [5.41, 5.74) is 1.05. The molecule has 0 unspecified atom stereocenters. The molecular weight excluding hydrogens is 469 g/mol. The Labute approximate surface area is 196 Å². The molecule has 3 heterocycles. The molecule has 182 valence electrons. The van der Waals surface area contributed by atoms with E-state index in [9.17, 15) is 23.2 Å². The maximum atomic E-state index is 12.7. The second kappa shape index (κ2) is 8.90. The molecule has 1 aromatic carbocycles. The fourth-order valence-corrected chi connectivity index (χ4v) is 4.18. The van der Waals surface area contributed by atoms with E-state index in [1.54, 1.807) is 11.0 Å². The quantitative estimate of drug-likeness (QED) is 0.498. The summed E-state index contributed by atoms with van der Waals surface area (Å²) in [5.74, 6) is -1.28. The van der Waals surface area contributed by atoms with E-state index >= 15 is 0 Å². The molecule has 11 nitrogen and oxygen atoms in total. The molecule has 5 rings (SSSR count). The van der Waals surface area contributed by atoms with Gasteiger partial charge < -0.3 is 19.4 Å². The van der Waals surface area contributed by atoms with Crippen molar-refractivity contribution in [2.45, 2.75) is 50.2 Å². The van der Waals surface area contributed by atoms with Crippen molar-refractivity contribution in [3.05, 3.63) is 42.0 Å². The van der Waals surface area contributed by atoms with Gasteiger partial charge in [-0.3, -0.25) is 4.79 Å². The highest BCUT2D eigenvalue weighted by molar-refractivity contribution is 5.90. The summed E-state index contributed by atoms with van der Waals surface area (Å²) in [5, 5.41) is 28.0. The molecule has 14 heteroatoms. The number of nitrogens with zero attached hydrogens (tertiary/aromatic N) is 7. The molecular formula is C21H19F3N8O3. The summed E-state index contributed by atoms with van der Waals surface area (Å²) < 4.78 is 47.6. The number of amides is 1. The first kappa shape index (κ1) is 22.6. The first-order valence-electron chi connectivity index (χ1n) is 10.8. The molecule has 2 fully saturated rings. The lowest BCUT2D eigenvalue weighted by Gasteiger charge is -2.16. The van der Waals surface area contributed by atoms with Crippen LogP contribution in [0.2, 0.25) is 0 Å². The number of alkyl halides is 3. The van der Waals surface area contributed by atoms with Crippen molar-refractivity contribution < 1.29 is 27.1 Å². The van der Waals surface area contributed by atoms with Crippen molar-refractivity contribution in [3.8, 4) is 23.4 Å². The Morgan fingerprint density at radius 3 is 2.71 bits per heavy atom. The van der Waals surface area contributed by atoms with Gasteiger partial charge in [-0.15, -0.1) is 23.4 Å². The fraction of sp³-hybridized carbons (Fsp3) is 0.429. The van der Waals surface area contributed by atoms with Crippen molar-refractivity contribution in [2.75, 3.05) is 6.54 Å². The molecule has 0 bridgehead atoms. The van der Waals surface area contributed by atoms with Gasteiger partial charge >= 0.3 is 18.2 Å². The number of carbonyl (C=O) groups excluding carboxylic acids is 1. The van der Waals surface area contributed by atoms with Crippen molar-refractivity contribution in [3.63, 3.8) is 0 Å². The van der Waals surface area contributed by atoms with Crippen molar-refractivity contribution in [2.24, 2.45) is 0 Å². The van der Waals surface area contributed by atoms with Crippen LogP contribution in [0.25, 0.3) is 11.5 Å². The molecule has 1 saturated carbocycles. The Morgan fingerprint density at radius 1 is 1.26 bits per heavy atom. The summed E-state index contributed by atoms with van der Waals surface area (Å²) in [7, 11) is 0. The number of rotatable bonds is 7. The molecule has 1 aliphatic carbocycles. The number of nitriles is 1. The molecule has 0 spiro atoms. The average Bonchev–Trinajstić information content (AvgIpc) is 3.18. The van der Waals surface area contributed by atoms with Crippen molar-refractivity contribution in [1.29, 1.82) is 5.26 Å². The molecule has 2 atom stereocenters. The van der Waals surface area contributed by atoms with E-state index in [0.29, 0.717) is 18.5 Å². The van der Waals surface area contributed by atoms with E-state index < -0.39 is 18.0 Å². The monoisotopic (exact) mass is 488 g/mol. The van der Waals surface area contributed by atoms with Gasteiger partial charge in [0, 0.05) is 18.2 Å². The maximum absolute atomic E-state index is 12.7. The zero-order valence-electron chi connectivity index (χ0n) is 18.1. The number of benzene rings is 1. The van der Waals surface area contributed by atoms with Crippen LogP contribution in [0.3, 0.4) is 0 Å². The van der Waals surface area contributed by atoms with Gasteiger partial charge in [0.2, 0.25) is 5.89 Å². The molecule has 35 heavy (non-hydrogen) atoms. The molecule has 2 aliphatic rings. The number of aromatic nitrogens is 5. The highest BCUT2D eigenvalue weighted by Crippen LogP contribution is 2.45. The van der Waals surface area contributed by atoms with Crippen LogP contribution < -0.4 is 10.1 Å². The third kappa shape index (κ3) is 5.18. The Balaban J connectivity index is 1.29. The minimum absolute atomic E-state index is 0.0719. The average molecular weight is 488 g/mol. The first-order chi connectivity index (χ1) is 16.8. The lowest BCUT2D eigenvalue weighted by atomic mass is 10.0. The van der Waals surface area contributed by atoms with Crippen molar-refractivity contribution in [1.82, 2.24) is 35.4 Å². The van der Waals surface area contributed by atoms with Gasteiger partial charge in [-0.2, -0.15) is 20.3 Å². The third-order valence-electron chi connectivity index (χ3n) is 5.84. The molecule has 1 N–H and O–H groups in total. The summed E-state index contributed by atoms with van der Waals surface area (Å²) in [6.07, 6.45) is 2.60. The van der Waals surface area contributed by atoms with Crippen LogP contribution in [-0.2, 0) is 6.54 Å². The fourth-order valence-electron chi connectivity index (χ4n) is 4.18. The van der Waals surface area contributed by atoms with E-state index in [1.807, 2.05) is 0 Å². The van der Waals surface area contributed by atoms with Crippen LogP contribution in [0.15, 0.2) is 35.0 Å². The number of ether oxygens (including phenoxy) is 1. The van der Waals surface area contributed by atoms with Crippen LogP contribution in [-0.4, -0.2) is 61.0 Å². The third-order valence-corrected chi connectivity index (χ3v) is 5.84. The Hall–Kier alpha value is -4.15. The number of halogens is 3. The maximum Gasteiger partial charge on any atom is 0.573 e. The molecule has 1 saturated heterocycles. The van der Waals surface area contributed by atoms with E-state index in [0.717, 1.165) is 18.4 Å². The lowest BCUT2D eigenvalue weighted by Crippen LogP contribution is -2.36. The predicted octanol–water partition coefficient (Wildman–Crippen LogP) is 2.46. The smallest absolute Gasteiger partial charge is 0.412 e. The SMILES string of the molecule is N#CN1C[C@H](NC(=O)c2nnc(-c3cc(OC(F)(F)F)ccc3C3CC3)o2)C[C@H]1Cn1nccn1. The summed E-state index contributed by atoms with van der Waals surface area (Å²) >= 11 is 0. The number of carbonyl (C=O) groups is 1. The number of nitrogens with one attached hydrogen (secondary N) is 1. The molecule has 1 amide bonds. The van der Waals surface area contributed by atoms with E-state index in [-0.39, 0.29) is 36.3 Å². The zero-order chi connectivity index (χ0) is 24.6. The number of likely N-dealkylation sites (tertiary alicyclic amines) is 1. The van der Waals surface area contributed by atoms with Gasteiger partial charge in [0.05, 0.1) is 25.0 Å². The highest BCUT2D eigenvalue weighted by atomic mass is 19.4. The van der Waals surface area contributed by atoms with E-state index in [2.05, 4.69) is 36.6 Å². The predicted molar refractivity (Wildman–Crippen MR) is 110 cm³/mol. The second-order valence-electron chi connectivity index (χ2n) is 8.38. The van der Waals surface area contributed by atoms with Crippen LogP contribution in [0.1, 0.15) is 41.4 Å². The second-order valence-corrected chi connectivity index (χ2v) is 8.38. The normalized spacial score (nSPS) is 20.0. The van der Waals surface area contributed by atoms with Gasteiger partial charge in [0.25, 0.3) is 0 Å². The molecule has 0 radical (unpaired) electrons. The summed E-state index contributed by atoms with van der Waals surface area (Å²) in [6, 6.07) is 3.41. The summed E-state index contributed by atoms with van der Waals surface area (Å²) in [6.45, 7) is 0.676. The standard InChI is InChI=1S/C21H19F3N8O3/c22-21(23,24)35-15-3-4-16(12-1-2-12)17(8-15)19-29-30-20(34-19)18(33)28-13-7-14(31(9-13)11-25)10-32-26-5-6-27-32/h3-6,8,12-14H,1-2,7,9-10H2,(H,28,33)/t13-,14+/m1/s1. The molecule has 2 aromatic heterocycles. The van der Waals surface area contributed by atoms with Gasteiger partial charge in [-0.25, -0.2) is 0 Å². The Kier molecular flexibility index (Phi) is 5.75. The van der Waals surface area contributed by atoms with Crippen molar-refractivity contribution >= 4 is 5.91 Å². The van der Waals surface area contributed by atoms with Gasteiger partial charge in [-0.05, 0) is 42.9 Å². The van der Waals surface area contributed by atoms with Crippen LogP contribution in [0.5, 0.6) is 5.75 Å². The van der Waals surface area contributed by atoms with E-state index in [4.69, 9.17) is 4.42 Å². The first-order valence-corrected chi connectivity index (χ1v) is 10.8. The van der Waals surface area contributed by atoms with Crippen LogP contribution >= 0.6 is 0 Å². The zero-order valence-corrected chi connectivity index (χ0v) is 18.1. The largest absolute Gasteiger partial charge is 0.573 e. The van der Waals surface area contributed by atoms with Gasteiger partial charge in [-0.1, -0.05) is 6.07 Å². The Bertz CT molecular complexity index is 1250. The molecule has 3 aromatic rings. The van der Waals surface area contributed by atoms with Crippen LogP contribution in [0.4, 0.5) is 13.2 Å². The van der Waals surface area contributed by atoms with E-state index in [1.165, 1.54) is 29.3 Å². The van der Waals surface area contributed by atoms with Crippen LogP contribution in [0, 0.1) is 11.5 Å². The number of hydrogen-bond acceptors (Lipinski definition) is 9. The topological polar surface area (TPSA) is 135 Å². The highest BCUT2D eigenvalue weighted by Gasteiger charge is 2.35. The van der Waals surface area contributed by atoms with Gasteiger partial charge in [0.1, 0.15) is 5.75 Å². The Morgan fingerprint density at radius 2 is 2.03 bits per heavy atom. The minimum atomic E-state index is -4.85. The summed E-state index contributed by atoms with van der Waals surface area (Å²) in [4.78, 5) is 15.8. The molecule has 1 aliphatic heterocycles.